The molecule has 0 nitrogen and oxygen atoms in total. The first-order valence-electron chi connectivity index (χ1n) is 6.99. The summed E-state index contributed by atoms with van der Waals surface area (Å²) in [5, 5.41) is 0. The quantitative estimate of drug-likeness (QED) is 0.587. The summed E-state index contributed by atoms with van der Waals surface area (Å²) in [5.74, 6) is 0. The Morgan fingerprint density at radius 1 is 1.14 bits per heavy atom. The van der Waals surface area contributed by atoms with Crippen LogP contribution < -0.4 is 24.8 Å². The van der Waals surface area contributed by atoms with E-state index < -0.39 is 17.4 Å². The van der Waals surface area contributed by atoms with E-state index >= 15 is 0 Å². The van der Waals surface area contributed by atoms with E-state index in [1.807, 2.05) is 0 Å². The second-order valence-electron chi connectivity index (χ2n) is 5.70. The van der Waals surface area contributed by atoms with Gasteiger partial charge in [0.1, 0.15) is 0 Å². The minimum atomic E-state index is -1.37. The van der Waals surface area contributed by atoms with Crippen molar-refractivity contribution in [2.24, 2.45) is 0 Å². The van der Waals surface area contributed by atoms with E-state index in [0.717, 1.165) is 0 Å². The summed E-state index contributed by atoms with van der Waals surface area (Å²) in [6, 6.07) is 8.91. The topological polar surface area (TPSA) is 0 Å². The Labute approximate surface area is 146 Å². The van der Waals surface area contributed by atoms with E-state index in [1.54, 1.807) is 13.3 Å². The monoisotopic (exact) mass is 354 g/mol. The van der Waals surface area contributed by atoms with E-state index in [2.05, 4.69) is 69.3 Å². The first-order valence-corrected chi connectivity index (χ1v) is 9.45. The van der Waals surface area contributed by atoms with Gasteiger partial charge < -0.3 is 24.8 Å². The Hall–Kier alpha value is -0.396. The van der Waals surface area contributed by atoms with Gasteiger partial charge in [-0.1, -0.05) is 0 Å². The van der Waals surface area contributed by atoms with Gasteiger partial charge in [-0.2, -0.15) is 0 Å². The Morgan fingerprint density at radius 3 is 2.48 bits per heavy atom. The summed E-state index contributed by atoms with van der Waals surface area (Å²) >= 11 is -1.37. The predicted molar refractivity (Wildman–Crippen MR) is 81.0 cm³/mol. The predicted octanol–water partition coefficient (Wildman–Crippen LogP) is -1.17. The molecule has 21 heavy (non-hydrogen) atoms. The fraction of sp³-hybridized carbons (Fsp3) is 0.278. The van der Waals surface area contributed by atoms with Gasteiger partial charge in [-0.3, -0.25) is 0 Å². The van der Waals surface area contributed by atoms with Gasteiger partial charge in [-0.05, 0) is 0 Å². The molecular weight excluding hydrogens is 335 g/mol. The van der Waals surface area contributed by atoms with Crippen molar-refractivity contribution in [1.29, 1.82) is 0 Å². The van der Waals surface area contributed by atoms with Gasteiger partial charge in [0.2, 0.25) is 0 Å². The number of benzene rings is 1. The van der Waals surface area contributed by atoms with Crippen molar-refractivity contribution in [3.05, 3.63) is 63.1 Å². The number of fused-ring (bicyclic) bond motifs is 1. The summed E-state index contributed by atoms with van der Waals surface area (Å²) in [6.45, 7) is 6.92. The second-order valence-corrected chi connectivity index (χ2v) is 10.5. The van der Waals surface area contributed by atoms with Gasteiger partial charge >= 0.3 is 122 Å². The van der Waals surface area contributed by atoms with Gasteiger partial charge in [-0.15, -0.1) is 0 Å². The Bertz CT molecular complexity index is 647. The third kappa shape index (κ3) is 3.69. The minimum Gasteiger partial charge on any atom is -1.00 e. The molecule has 1 unspecified atom stereocenters. The SMILES string of the molecule is CC1=CC[C]([Ti+2](=[C](C)C)[CH]2C=Cc3ccccc32)=C1.[Cl-].[Cl-]. The fourth-order valence-electron chi connectivity index (χ4n) is 3.18. The van der Waals surface area contributed by atoms with Gasteiger partial charge in [0.25, 0.3) is 0 Å². The van der Waals surface area contributed by atoms with Crippen LogP contribution in [0.25, 0.3) is 6.08 Å². The zero-order valence-corrected chi connectivity index (χ0v) is 15.7. The Balaban J connectivity index is 0.00000110. The molecule has 2 aliphatic rings. The summed E-state index contributed by atoms with van der Waals surface area (Å²) < 4.78 is 4.11. The molecule has 1 atom stereocenters. The molecule has 0 amide bonds. The summed E-state index contributed by atoms with van der Waals surface area (Å²) in [5.41, 5.74) is 4.45. The Morgan fingerprint density at radius 2 is 1.86 bits per heavy atom. The zero-order chi connectivity index (χ0) is 13.4. The average Bonchev–Trinajstić information content (AvgIpc) is 2.98. The first kappa shape index (κ1) is 18.7. The molecule has 0 fully saturated rings. The third-order valence-corrected chi connectivity index (χ3v) is 9.11. The molecule has 3 rings (SSSR count). The van der Waals surface area contributed by atoms with Crippen LogP contribution in [0.5, 0.6) is 0 Å². The van der Waals surface area contributed by atoms with Gasteiger partial charge in [0.05, 0.1) is 0 Å². The Kier molecular flexibility index (Phi) is 6.88. The van der Waals surface area contributed by atoms with Crippen LogP contribution >= 0.6 is 0 Å². The van der Waals surface area contributed by atoms with Crippen LogP contribution in [-0.2, 0) is 17.4 Å². The van der Waals surface area contributed by atoms with Gasteiger partial charge in [-0.25, -0.2) is 0 Å². The van der Waals surface area contributed by atoms with Crippen LogP contribution in [0.1, 0.15) is 42.5 Å². The van der Waals surface area contributed by atoms with Crippen LogP contribution in [0.4, 0.5) is 0 Å². The first-order chi connectivity index (χ1) is 9.16. The number of allylic oxidation sites excluding steroid dienone is 5. The molecule has 110 valence electrons. The molecule has 0 spiro atoms. The van der Waals surface area contributed by atoms with E-state index in [9.17, 15) is 0 Å². The summed E-state index contributed by atoms with van der Waals surface area (Å²) in [6.07, 6.45) is 10.8. The molecule has 0 aromatic heterocycles. The van der Waals surface area contributed by atoms with E-state index in [1.165, 1.54) is 17.6 Å². The van der Waals surface area contributed by atoms with Crippen LogP contribution in [0.3, 0.4) is 0 Å². The number of rotatable bonds is 2. The fourth-order valence-corrected chi connectivity index (χ4v) is 8.23. The van der Waals surface area contributed by atoms with Gasteiger partial charge in [0, 0.05) is 0 Å². The van der Waals surface area contributed by atoms with Crippen LogP contribution in [0.15, 0.2) is 51.9 Å². The van der Waals surface area contributed by atoms with E-state index in [-0.39, 0.29) is 24.8 Å². The molecule has 0 saturated carbocycles. The van der Waals surface area contributed by atoms with Crippen molar-refractivity contribution in [2.45, 2.75) is 31.4 Å². The van der Waals surface area contributed by atoms with Crippen molar-refractivity contribution in [1.82, 2.24) is 0 Å². The normalized spacial score (nSPS) is 17.7. The second kappa shape index (κ2) is 7.74. The average molecular weight is 355 g/mol. The van der Waals surface area contributed by atoms with Crippen molar-refractivity contribution >= 4 is 9.89 Å². The van der Waals surface area contributed by atoms with Crippen molar-refractivity contribution in [3.63, 3.8) is 0 Å². The van der Waals surface area contributed by atoms with Crippen LogP contribution in [0.2, 0.25) is 0 Å². The van der Waals surface area contributed by atoms with E-state index in [4.69, 9.17) is 0 Å². The van der Waals surface area contributed by atoms with Crippen LogP contribution in [0, 0.1) is 0 Å². The molecule has 2 aliphatic carbocycles. The maximum absolute atomic E-state index is 2.46. The van der Waals surface area contributed by atoms with E-state index in [0.29, 0.717) is 4.22 Å². The minimum absolute atomic E-state index is 0. The third-order valence-electron chi connectivity index (χ3n) is 4.04. The molecule has 0 N–H and O–H groups in total. The summed E-state index contributed by atoms with van der Waals surface area (Å²) in [4.78, 5) is 0. The largest absolute Gasteiger partial charge is 1.00 e. The maximum Gasteiger partial charge on any atom is -1.00 e. The molecule has 0 radical (unpaired) electrons. The molecule has 3 heteroatoms. The van der Waals surface area contributed by atoms with Crippen molar-refractivity contribution < 1.29 is 42.2 Å². The molecule has 0 aliphatic heterocycles. The molecule has 0 saturated heterocycles. The smallest absolute Gasteiger partial charge is 1.00 e. The number of halogens is 2. The maximum atomic E-state index is 2.46. The molecule has 1 aromatic carbocycles. The zero-order valence-electron chi connectivity index (χ0n) is 12.7. The van der Waals surface area contributed by atoms with Crippen molar-refractivity contribution in [2.75, 3.05) is 0 Å². The molecular formula is C18H20Cl2Ti. The standard InChI is InChI=1S/C9H7.C6H7.C3H6.2ClH.Ti/c1-2-5-9-7-3-6-8(9)4-1;1-6-4-2-3-5-6;1-3-2;;;/h1-7H;4-5H,2H2,1H3;1-2H3;2*1H;/q;;;;;+2/p-2. The summed E-state index contributed by atoms with van der Waals surface area (Å²) in [7, 11) is 0. The number of hydrogen-bond donors (Lipinski definition) is 0. The van der Waals surface area contributed by atoms with Crippen molar-refractivity contribution in [3.8, 4) is 0 Å². The van der Waals surface area contributed by atoms with Crippen LogP contribution in [-0.4, -0.2) is 3.81 Å². The molecule has 0 heterocycles. The number of hydrogen-bond acceptors (Lipinski definition) is 0. The molecule has 1 aromatic rings. The van der Waals surface area contributed by atoms with Gasteiger partial charge in [0.15, 0.2) is 0 Å². The molecule has 0 bridgehead atoms.